The number of halogens is 1. The molecule has 0 saturated heterocycles. The van der Waals surface area contributed by atoms with Crippen LogP contribution in [0.5, 0.6) is 0 Å². The highest BCUT2D eigenvalue weighted by atomic mass is 35.5. The van der Waals surface area contributed by atoms with Gasteiger partial charge in [0.15, 0.2) is 0 Å². The number of aliphatic hydroxyl groups is 1. The summed E-state index contributed by atoms with van der Waals surface area (Å²) in [6.45, 7) is 1.59. The summed E-state index contributed by atoms with van der Waals surface area (Å²) in [5.74, 6) is 0.270. The van der Waals surface area contributed by atoms with Crippen LogP contribution in [0.1, 0.15) is 44.2 Å². The summed E-state index contributed by atoms with van der Waals surface area (Å²) >= 11 is 6.08. The zero-order valence-corrected chi connectivity index (χ0v) is 14.6. The topological polar surface area (TPSA) is 84.2 Å². The van der Waals surface area contributed by atoms with Crippen molar-refractivity contribution in [2.75, 3.05) is 6.61 Å². The molecule has 0 amide bonds. The number of sulfonamides is 1. The van der Waals surface area contributed by atoms with Crippen molar-refractivity contribution in [3.05, 3.63) is 10.8 Å². The molecule has 1 aromatic rings. The highest BCUT2D eigenvalue weighted by Crippen LogP contribution is 2.30. The van der Waals surface area contributed by atoms with E-state index in [4.69, 9.17) is 11.6 Å². The van der Waals surface area contributed by atoms with Gasteiger partial charge in [0.2, 0.25) is 10.0 Å². The van der Waals surface area contributed by atoms with Crippen LogP contribution in [0.15, 0.2) is 4.90 Å². The maximum atomic E-state index is 12.7. The summed E-state index contributed by atoms with van der Waals surface area (Å²) in [5.41, 5.74) is 0.381. The summed E-state index contributed by atoms with van der Waals surface area (Å²) in [5, 5.41) is 13.4. The van der Waals surface area contributed by atoms with Crippen molar-refractivity contribution in [3.8, 4) is 0 Å². The number of nitrogens with one attached hydrogen (secondary N) is 1. The molecule has 0 aliphatic heterocycles. The molecule has 0 aromatic carbocycles. The van der Waals surface area contributed by atoms with Gasteiger partial charge in [-0.05, 0) is 32.1 Å². The van der Waals surface area contributed by atoms with E-state index in [1.807, 2.05) is 0 Å². The molecule has 1 aliphatic carbocycles. The van der Waals surface area contributed by atoms with E-state index in [1.165, 1.54) is 11.1 Å². The third-order valence-electron chi connectivity index (χ3n) is 4.33. The molecular weight excluding hydrogens is 326 g/mol. The highest BCUT2D eigenvalue weighted by molar-refractivity contribution is 7.89. The number of hydrogen-bond donors (Lipinski definition) is 2. The summed E-state index contributed by atoms with van der Waals surface area (Å²) in [4.78, 5) is 0.0374. The Labute approximate surface area is 136 Å². The normalized spacial score (nSPS) is 18.5. The lowest BCUT2D eigenvalue weighted by Gasteiger charge is -2.30. The Morgan fingerprint density at radius 2 is 2.05 bits per heavy atom. The first-order valence-electron chi connectivity index (χ1n) is 7.69. The van der Waals surface area contributed by atoms with E-state index in [0.29, 0.717) is 12.1 Å². The van der Waals surface area contributed by atoms with Crippen molar-refractivity contribution >= 4 is 21.6 Å². The lowest BCUT2D eigenvalue weighted by Crippen LogP contribution is -2.41. The molecule has 126 valence electrons. The summed E-state index contributed by atoms with van der Waals surface area (Å²) in [6.07, 6.45) is 5.82. The van der Waals surface area contributed by atoms with E-state index in [-0.39, 0.29) is 28.6 Å². The molecule has 0 spiro atoms. The van der Waals surface area contributed by atoms with Crippen molar-refractivity contribution in [1.82, 2.24) is 14.5 Å². The SMILES string of the molecule is Cc1nn(C)c(Cl)c1S(=O)(=O)NC(CCO)C1CCCCC1. The van der Waals surface area contributed by atoms with Gasteiger partial charge in [-0.3, -0.25) is 4.68 Å². The summed E-state index contributed by atoms with van der Waals surface area (Å²) < 4.78 is 29.5. The van der Waals surface area contributed by atoms with E-state index in [2.05, 4.69) is 9.82 Å². The Morgan fingerprint density at radius 3 is 2.55 bits per heavy atom. The van der Waals surface area contributed by atoms with Crippen molar-refractivity contribution in [2.24, 2.45) is 13.0 Å². The number of hydrogen-bond acceptors (Lipinski definition) is 4. The van der Waals surface area contributed by atoms with E-state index < -0.39 is 10.0 Å². The third-order valence-corrected chi connectivity index (χ3v) is 6.52. The molecule has 2 N–H and O–H groups in total. The number of aliphatic hydroxyl groups excluding tert-OH is 1. The molecule has 0 radical (unpaired) electrons. The van der Waals surface area contributed by atoms with Crippen LogP contribution in [0.3, 0.4) is 0 Å². The van der Waals surface area contributed by atoms with Gasteiger partial charge in [-0.2, -0.15) is 5.10 Å². The Balaban J connectivity index is 2.23. The molecule has 1 fully saturated rings. The molecule has 2 rings (SSSR count). The molecule has 1 aromatic heterocycles. The zero-order valence-electron chi connectivity index (χ0n) is 13.0. The molecule has 1 aliphatic rings. The summed E-state index contributed by atoms with van der Waals surface area (Å²) in [6, 6.07) is -0.258. The van der Waals surface area contributed by atoms with Gasteiger partial charge in [-0.15, -0.1) is 0 Å². The van der Waals surface area contributed by atoms with Crippen molar-refractivity contribution in [1.29, 1.82) is 0 Å². The van der Waals surface area contributed by atoms with Gasteiger partial charge < -0.3 is 5.11 Å². The van der Waals surface area contributed by atoms with E-state index >= 15 is 0 Å². The van der Waals surface area contributed by atoms with Crippen LogP contribution in [-0.2, 0) is 17.1 Å². The number of rotatable bonds is 6. The third kappa shape index (κ3) is 3.82. The van der Waals surface area contributed by atoms with Crippen LogP contribution < -0.4 is 4.72 Å². The molecule has 1 unspecified atom stereocenters. The molecule has 0 bridgehead atoms. The van der Waals surface area contributed by atoms with Gasteiger partial charge in [-0.1, -0.05) is 30.9 Å². The molecule has 1 heterocycles. The fourth-order valence-electron chi connectivity index (χ4n) is 3.24. The monoisotopic (exact) mass is 349 g/mol. The molecule has 22 heavy (non-hydrogen) atoms. The molecule has 1 atom stereocenters. The van der Waals surface area contributed by atoms with Crippen molar-refractivity contribution in [2.45, 2.75) is 56.4 Å². The van der Waals surface area contributed by atoms with E-state index in [9.17, 15) is 13.5 Å². The minimum absolute atomic E-state index is 0.0374. The first-order chi connectivity index (χ1) is 10.4. The van der Waals surface area contributed by atoms with Crippen LogP contribution in [0, 0.1) is 12.8 Å². The highest BCUT2D eigenvalue weighted by Gasteiger charge is 2.31. The van der Waals surface area contributed by atoms with Crippen LogP contribution in [0.4, 0.5) is 0 Å². The largest absolute Gasteiger partial charge is 0.396 e. The number of nitrogens with zero attached hydrogens (tertiary/aromatic N) is 2. The Hall–Kier alpha value is -0.630. The predicted octanol–water partition coefficient (Wildman–Crippen LogP) is 1.99. The first kappa shape index (κ1) is 17.7. The van der Waals surface area contributed by atoms with Crippen molar-refractivity contribution < 1.29 is 13.5 Å². The molecular formula is C14H24ClN3O3S. The Morgan fingerprint density at radius 1 is 1.41 bits per heavy atom. The average Bonchev–Trinajstić information content (AvgIpc) is 2.73. The lowest BCUT2D eigenvalue weighted by atomic mass is 9.83. The standard InChI is InChI=1S/C14H24ClN3O3S/c1-10-13(14(15)18(2)16-10)22(20,21)17-12(8-9-19)11-6-4-3-5-7-11/h11-12,17,19H,3-9H2,1-2H3. The van der Waals surface area contributed by atoms with Gasteiger partial charge in [0.05, 0.1) is 5.69 Å². The van der Waals surface area contributed by atoms with Crippen LogP contribution in [-0.4, -0.2) is 36.0 Å². The first-order valence-corrected chi connectivity index (χ1v) is 9.55. The lowest BCUT2D eigenvalue weighted by molar-refractivity contribution is 0.221. The van der Waals surface area contributed by atoms with E-state index in [1.54, 1.807) is 14.0 Å². The molecule has 1 saturated carbocycles. The zero-order chi connectivity index (χ0) is 16.3. The van der Waals surface area contributed by atoms with E-state index in [0.717, 1.165) is 25.7 Å². The van der Waals surface area contributed by atoms with Gasteiger partial charge in [0, 0.05) is 19.7 Å². The van der Waals surface area contributed by atoms with Gasteiger partial charge in [0.25, 0.3) is 0 Å². The maximum Gasteiger partial charge on any atom is 0.245 e. The number of aryl methyl sites for hydroxylation is 2. The van der Waals surface area contributed by atoms with Crippen LogP contribution in [0.2, 0.25) is 5.15 Å². The van der Waals surface area contributed by atoms with Crippen molar-refractivity contribution in [3.63, 3.8) is 0 Å². The number of aromatic nitrogens is 2. The average molecular weight is 350 g/mol. The Kier molecular flexibility index (Phi) is 5.87. The second-order valence-corrected chi connectivity index (χ2v) is 7.98. The minimum Gasteiger partial charge on any atom is -0.396 e. The molecule has 8 heteroatoms. The van der Waals surface area contributed by atoms with Crippen LogP contribution in [0.25, 0.3) is 0 Å². The predicted molar refractivity (Wildman–Crippen MR) is 85.3 cm³/mol. The smallest absolute Gasteiger partial charge is 0.245 e. The minimum atomic E-state index is -3.75. The molecule has 6 nitrogen and oxygen atoms in total. The fourth-order valence-corrected chi connectivity index (χ4v) is 5.33. The van der Waals surface area contributed by atoms with Gasteiger partial charge in [0.1, 0.15) is 10.0 Å². The second kappa shape index (κ2) is 7.29. The maximum absolute atomic E-state index is 12.7. The fraction of sp³-hybridized carbons (Fsp3) is 0.786. The van der Waals surface area contributed by atoms with Gasteiger partial charge >= 0.3 is 0 Å². The van der Waals surface area contributed by atoms with Gasteiger partial charge in [-0.25, -0.2) is 13.1 Å². The quantitative estimate of drug-likeness (QED) is 0.822. The summed E-state index contributed by atoms with van der Waals surface area (Å²) in [7, 11) is -2.14. The Bertz CT molecular complexity index is 609. The second-order valence-electron chi connectivity index (χ2n) is 5.97. The van der Waals surface area contributed by atoms with Crippen LogP contribution >= 0.6 is 11.6 Å².